The van der Waals surface area contributed by atoms with Crippen molar-refractivity contribution in [2.45, 2.75) is 13.3 Å². The van der Waals surface area contributed by atoms with E-state index < -0.39 is 0 Å². The van der Waals surface area contributed by atoms with Crippen LogP contribution in [-0.2, 0) is 16.0 Å². The van der Waals surface area contributed by atoms with Crippen LogP contribution in [-0.4, -0.2) is 29.2 Å². The fraction of sp³-hybridized carbons (Fsp3) is 0.235. The van der Waals surface area contributed by atoms with E-state index in [4.69, 9.17) is 25.5 Å². The van der Waals surface area contributed by atoms with Crippen molar-refractivity contribution in [3.8, 4) is 5.88 Å². The molecule has 24 heavy (non-hydrogen) atoms. The van der Waals surface area contributed by atoms with Crippen LogP contribution in [0.15, 0.2) is 41.3 Å². The number of aryl methyl sites for hydroxylation is 1. The molecule has 0 aliphatic carbocycles. The minimum absolute atomic E-state index is 0.113. The number of furan rings is 1. The van der Waals surface area contributed by atoms with Gasteiger partial charge in [-0.15, -0.1) is 0 Å². The number of hydrogen-bond donors (Lipinski definition) is 0. The summed E-state index contributed by atoms with van der Waals surface area (Å²) in [6, 6.07) is 5.86. The standard InChI is InChI=1S/C17H15ClN2O4/c1-11-2-3-13-12(10-24-14(13)6-11)7-17(21)23-5-4-22-16-9-19-8-15(18)20-16/h2-3,6,8-10H,4-5,7H2,1H3. The van der Waals surface area contributed by atoms with Gasteiger partial charge >= 0.3 is 5.97 Å². The predicted molar refractivity (Wildman–Crippen MR) is 88.2 cm³/mol. The van der Waals surface area contributed by atoms with E-state index >= 15 is 0 Å². The van der Waals surface area contributed by atoms with Crippen molar-refractivity contribution >= 4 is 28.5 Å². The number of aromatic nitrogens is 2. The molecule has 3 aromatic rings. The molecular formula is C17H15ClN2O4. The molecule has 0 aliphatic rings. The molecule has 1 aromatic carbocycles. The molecule has 2 aromatic heterocycles. The monoisotopic (exact) mass is 346 g/mol. The van der Waals surface area contributed by atoms with Gasteiger partial charge in [0.15, 0.2) is 5.15 Å². The van der Waals surface area contributed by atoms with Crippen LogP contribution in [0.25, 0.3) is 11.0 Å². The van der Waals surface area contributed by atoms with E-state index in [1.54, 1.807) is 6.26 Å². The molecule has 0 saturated heterocycles. The minimum Gasteiger partial charge on any atom is -0.473 e. The van der Waals surface area contributed by atoms with Crippen LogP contribution in [0.4, 0.5) is 0 Å². The van der Waals surface area contributed by atoms with Crippen molar-refractivity contribution < 1.29 is 18.7 Å². The predicted octanol–water partition coefficient (Wildman–Crippen LogP) is 3.35. The SMILES string of the molecule is Cc1ccc2c(CC(=O)OCCOc3cncc(Cl)n3)coc2c1. The zero-order chi connectivity index (χ0) is 16.9. The Balaban J connectivity index is 1.48. The van der Waals surface area contributed by atoms with E-state index in [9.17, 15) is 4.79 Å². The first-order valence-electron chi connectivity index (χ1n) is 7.34. The molecule has 0 bridgehead atoms. The number of benzene rings is 1. The number of ether oxygens (including phenoxy) is 2. The molecule has 0 radical (unpaired) electrons. The second kappa shape index (κ2) is 7.31. The van der Waals surface area contributed by atoms with Crippen molar-refractivity contribution in [1.29, 1.82) is 0 Å². The third-order valence-corrected chi connectivity index (χ3v) is 3.51. The Morgan fingerprint density at radius 2 is 2.17 bits per heavy atom. The normalized spacial score (nSPS) is 10.8. The average Bonchev–Trinajstić information content (AvgIpc) is 2.93. The number of halogens is 1. The summed E-state index contributed by atoms with van der Waals surface area (Å²) in [4.78, 5) is 19.7. The number of esters is 1. The van der Waals surface area contributed by atoms with Gasteiger partial charge in [0, 0.05) is 10.9 Å². The van der Waals surface area contributed by atoms with Crippen LogP contribution in [0.3, 0.4) is 0 Å². The van der Waals surface area contributed by atoms with E-state index in [1.807, 2.05) is 25.1 Å². The lowest BCUT2D eigenvalue weighted by Crippen LogP contribution is -2.14. The summed E-state index contributed by atoms with van der Waals surface area (Å²) < 4.78 is 15.9. The topological polar surface area (TPSA) is 74.5 Å². The maximum Gasteiger partial charge on any atom is 0.310 e. The molecule has 124 valence electrons. The van der Waals surface area contributed by atoms with Crippen LogP contribution >= 0.6 is 11.6 Å². The third kappa shape index (κ3) is 4.02. The lowest BCUT2D eigenvalue weighted by molar-refractivity contribution is -0.143. The minimum atomic E-state index is -0.348. The molecule has 3 rings (SSSR count). The number of nitrogens with zero attached hydrogens (tertiary/aromatic N) is 2. The summed E-state index contributed by atoms with van der Waals surface area (Å²) >= 11 is 5.70. The molecule has 0 amide bonds. The molecule has 2 heterocycles. The third-order valence-electron chi connectivity index (χ3n) is 3.33. The summed E-state index contributed by atoms with van der Waals surface area (Å²) in [6.45, 7) is 2.27. The Bertz CT molecular complexity index is 863. The Kier molecular flexibility index (Phi) is 4.96. The highest BCUT2D eigenvalue weighted by Crippen LogP contribution is 2.22. The van der Waals surface area contributed by atoms with Gasteiger partial charge in [-0.1, -0.05) is 23.7 Å². The van der Waals surface area contributed by atoms with Crippen molar-refractivity contribution in [3.05, 3.63) is 53.1 Å². The Morgan fingerprint density at radius 3 is 3.00 bits per heavy atom. The van der Waals surface area contributed by atoms with Crippen LogP contribution in [0.5, 0.6) is 5.88 Å². The van der Waals surface area contributed by atoms with Gasteiger partial charge in [0.2, 0.25) is 5.88 Å². The summed E-state index contributed by atoms with van der Waals surface area (Å²) in [5, 5.41) is 1.16. The maximum atomic E-state index is 11.9. The summed E-state index contributed by atoms with van der Waals surface area (Å²) in [5.74, 6) is -0.0613. The zero-order valence-corrected chi connectivity index (χ0v) is 13.7. The van der Waals surface area contributed by atoms with Gasteiger partial charge in [-0.05, 0) is 18.6 Å². The Hall–Kier alpha value is -2.60. The quantitative estimate of drug-likeness (QED) is 0.503. The first-order valence-corrected chi connectivity index (χ1v) is 7.72. The highest BCUT2D eigenvalue weighted by atomic mass is 35.5. The summed E-state index contributed by atoms with van der Waals surface area (Å²) in [5.41, 5.74) is 2.67. The van der Waals surface area contributed by atoms with Crippen molar-refractivity contribution in [1.82, 2.24) is 9.97 Å². The highest BCUT2D eigenvalue weighted by Gasteiger charge is 2.11. The van der Waals surface area contributed by atoms with Gasteiger partial charge in [-0.2, -0.15) is 4.98 Å². The van der Waals surface area contributed by atoms with E-state index in [-0.39, 0.29) is 36.6 Å². The number of fused-ring (bicyclic) bond motifs is 1. The van der Waals surface area contributed by atoms with Crippen molar-refractivity contribution in [2.24, 2.45) is 0 Å². The van der Waals surface area contributed by atoms with Gasteiger partial charge < -0.3 is 13.9 Å². The fourth-order valence-electron chi connectivity index (χ4n) is 2.23. The zero-order valence-electron chi connectivity index (χ0n) is 13.0. The molecule has 0 N–H and O–H groups in total. The van der Waals surface area contributed by atoms with E-state index in [0.717, 1.165) is 22.1 Å². The van der Waals surface area contributed by atoms with Gasteiger partial charge in [0.1, 0.15) is 18.8 Å². The van der Waals surface area contributed by atoms with Crippen LogP contribution in [0, 0.1) is 6.92 Å². The molecule has 6 nitrogen and oxygen atoms in total. The lowest BCUT2D eigenvalue weighted by atomic mass is 10.1. The van der Waals surface area contributed by atoms with Gasteiger partial charge in [-0.3, -0.25) is 9.78 Å². The molecule has 0 atom stereocenters. The largest absolute Gasteiger partial charge is 0.473 e. The van der Waals surface area contributed by atoms with Gasteiger partial charge in [0.25, 0.3) is 0 Å². The highest BCUT2D eigenvalue weighted by molar-refractivity contribution is 6.29. The van der Waals surface area contributed by atoms with Gasteiger partial charge in [0.05, 0.1) is 25.1 Å². The number of carbonyl (C=O) groups excluding carboxylic acids is 1. The molecule has 0 spiro atoms. The molecule has 0 fully saturated rings. The fourth-order valence-corrected chi connectivity index (χ4v) is 2.37. The van der Waals surface area contributed by atoms with Crippen LogP contribution in [0.2, 0.25) is 5.15 Å². The average molecular weight is 347 g/mol. The van der Waals surface area contributed by atoms with Crippen LogP contribution < -0.4 is 4.74 Å². The lowest BCUT2D eigenvalue weighted by Gasteiger charge is -2.06. The smallest absolute Gasteiger partial charge is 0.310 e. The van der Waals surface area contributed by atoms with E-state index in [2.05, 4.69) is 9.97 Å². The van der Waals surface area contributed by atoms with E-state index in [0.29, 0.717) is 0 Å². The second-order valence-electron chi connectivity index (χ2n) is 5.19. The van der Waals surface area contributed by atoms with Crippen molar-refractivity contribution in [2.75, 3.05) is 13.2 Å². The van der Waals surface area contributed by atoms with Crippen molar-refractivity contribution in [3.63, 3.8) is 0 Å². The molecule has 7 heteroatoms. The molecule has 0 unspecified atom stereocenters. The first kappa shape index (κ1) is 16.3. The Labute approximate surface area is 143 Å². The van der Waals surface area contributed by atoms with Gasteiger partial charge in [-0.25, -0.2) is 0 Å². The number of hydrogen-bond acceptors (Lipinski definition) is 6. The molecule has 0 saturated carbocycles. The molecule has 0 aliphatic heterocycles. The maximum absolute atomic E-state index is 11.9. The molecular weight excluding hydrogens is 332 g/mol. The number of rotatable bonds is 6. The summed E-state index contributed by atoms with van der Waals surface area (Å²) in [6.07, 6.45) is 4.58. The van der Waals surface area contributed by atoms with Crippen LogP contribution in [0.1, 0.15) is 11.1 Å². The van der Waals surface area contributed by atoms with E-state index in [1.165, 1.54) is 12.4 Å². The summed E-state index contributed by atoms with van der Waals surface area (Å²) in [7, 11) is 0. The first-order chi connectivity index (χ1) is 11.6. The Morgan fingerprint density at radius 1 is 1.29 bits per heavy atom. The number of carbonyl (C=O) groups is 1. The second-order valence-corrected chi connectivity index (χ2v) is 5.57.